The Kier molecular flexibility index (Phi) is 2.52. The van der Waals surface area contributed by atoms with Crippen LogP contribution in [0.1, 0.15) is 22.8 Å². The number of aromatic carboxylic acids is 1. The molecule has 0 radical (unpaired) electrons. The van der Waals surface area contributed by atoms with Crippen LogP contribution in [0.2, 0.25) is 0 Å². The van der Waals surface area contributed by atoms with E-state index in [-0.39, 0.29) is 5.75 Å². The lowest BCUT2D eigenvalue weighted by Gasteiger charge is -2.08. The maximum Gasteiger partial charge on any atom is 0.335 e. The largest absolute Gasteiger partial charge is 0.508 e. The molecule has 82 valence electrons. The monoisotopic (exact) mass is 216 g/mol. The fourth-order valence-electron chi connectivity index (χ4n) is 1.95. The minimum absolute atomic E-state index is 0.157. The van der Waals surface area contributed by atoms with Gasteiger partial charge < -0.3 is 10.2 Å². The maximum atomic E-state index is 11.0. The van der Waals surface area contributed by atoms with Crippen LogP contribution in [-0.2, 0) is 6.42 Å². The van der Waals surface area contributed by atoms with Crippen molar-refractivity contribution in [1.29, 1.82) is 0 Å². The Labute approximate surface area is 93.0 Å². The summed E-state index contributed by atoms with van der Waals surface area (Å²) in [5.41, 5.74) is 1.07. The summed E-state index contributed by atoms with van der Waals surface area (Å²) in [5, 5.41) is 20.2. The summed E-state index contributed by atoms with van der Waals surface area (Å²) in [6.45, 7) is 1.91. The topological polar surface area (TPSA) is 57.5 Å². The smallest absolute Gasteiger partial charge is 0.335 e. The molecule has 0 heterocycles. The van der Waals surface area contributed by atoms with Gasteiger partial charge in [-0.2, -0.15) is 0 Å². The van der Waals surface area contributed by atoms with E-state index in [1.807, 2.05) is 6.92 Å². The van der Waals surface area contributed by atoms with Gasteiger partial charge in [0.15, 0.2) is 0 Å². The number of fused-ring (bicyclic) bond motifs is 1. The number of aromatic hydroxyl groups is 1. The standard InChI is InChI=1S/C13H12O3/c1-2-10-11(13(15)16)6-4-8-3-5-9(14)7-12(8)10/h3-7,14H,2H2,1H3,(H,15,16). The van der Waals surface area contributed by atoms with Crippen molar-refractivity contribution in [2.75, 3.05) is 0 Å². The van der Waals surface area contributed by atoms with Crippen molar-refractivity contribution in [1.82, 2.24) is 0 Å². The number of hydrogen-bond donors (Lipinski definition) is 2. The Morgan fingerprint density at radius 2 is 1.94 bits per heavy atom. The zero-order valence-corrected chi connectivity index (χ0v) is 8.90. The fraction of sp³-hybridized carbons (Fsp3) is 0.154. The van der Waals surface area contributed by atoms with Crippen LogP contribution in [0.3, 0.4) is 0 Å². The van der Waals surface area contributed by atoms with Gasteiger partial charge in [0.1, 0.15) is 5.75 Å². The van der Waals surface area contributed by atoms with E-state index < -0.39 is 5.97 Å². The SMILES string of the molecule is CCc1c(C(=O)O)ccc2ccc(O)cc12. The first-order chi connectivity index (χ1) is 7.63. The van der Waals surface area contributed by atoms with Crippen LogP contribution in [-0.4, -0.2) is 16.2 Å². The van der Waals surface area contributed by atoms with E-state index >= 15 is 0 Å². The van der Waals surface area contributed by atoms with Gasteiger partial charge >= 0.3 is 5.97 Å². The van der Waals surface area contributed by atoms with E-state index in [9.17, 15) is 9.90 Å². The first-order valence-electron chi connectivity index (χ1n) is 5.11. The zero-order valence-electron chi connectivity index (χ0n) is 8.90. The highest BCUT2D eigenvalue weighted by atomic mass is 16.4. The van der Waals surface area contributed by atoms with Crippen molar-refractivity contribution in [3.8, 4) is 5.75 Å². The molecule has 0 aliphatic rings. The summed E-state index contributed by atoms with van der Waals surface area (Å²) >= 11 is 0. The third kappa shape index (κ3) is 1.60. The second-order valence-corrected chi connectivity index (χ2v) is 3.66. The van der Waals surface area contributed by atoms with Crippen LogP contribution in [0, 0.1) is 0 Å². The number of rotatable bonds is 2. The molecular formula is C13H12O3. The van der Waals surface area contributed by atoms with Gasteiger partial charge in [-0.3, -0.25) is 0 Å². The molecule has 2 N–H and O–H groups in total. The molecule has 2 rings (SSSR count). The molecule has 2 aromatic carbocycles. The molecule has 0 saturated heterocycles. The number of hydrogen-bond acceptors (Lipinski definition) is 2. The minimum atomic E-state index is -0.929. The van der Waals surface area contributed by atoms with Crippen LogP contribution in [0.25, 0.3) is 10.8 Å². The Morgan fingerprint density at radius 1 is 1.25 bits per heavy atom. The summed E-state index contributed by atoms with van der Waals surface area (Å²) in [5.74, 6) is -0.771. The van der Waals surface area contributed by atoms with Crippen molar-refractivity contribution < 1.29 is 15.0 Å². The zero-order chi connectivity index (χ0) is 11.7. The van der Waals surface area contributed by atoms with Crippen molar-refractivity contribution in [3.05, 3.63) is 41.5 Å². The van der Waals surface area contributed by atoms with Crippen molar-refractivity contribution in [2.24, 2.45) is 0 Å². The molecule has 0 saturated carbocycles. The van der Waals surface area contributed by atoms with E-state index in [1.165, 1.54) is 0 Å². The highest BCUT2D eigenvalue weighted by Crippen LogP contribution is 2.26. The highest BCUT2D eigenvalue weighted by molar-refractivity contribution is 5.98. The van der Waals surface area contributed by atoms with E-state index in [0.29, 0.717) is 12.0 Å². The molecule has 0 aliphatic heterocycles. The predicted molar refractivity (Wildman–Crippen MR) is 62.0 cm³/mol. The minimum Gasteiger partial charge on any atom is -0.508 e. The van der Waals surface area contributed by atoms with Gasteiger partial charge in [-0.05, 0) is 41.0 Å². The van der Waals surface area contributed by atoms with E-state index in [2.05, 4.69) is 0 Å². The van der Waals surface area contributed by atoms with Gasteiger partial charge in [-0.15, -0.1) is 0 Å². The van der Waals surface area contributed by atoms with E-state index in [0.717, 1.165) is 16.3 Å². The first kappa shape index (κ1) is 10.5. The molecule has 0 aromatic heterocycles. The van der Waals surface area contributed by atoms with Gasteiger partial charge in [0, 0.05) is 0 Å². The predicted octanol–water partition coefficient (Wildman–Crippen LogP) is 2.81. The molecule has 0 aliphatic carbocycles. The summed E-state index contributed by atoms with van der Waals surface area (Å²) in [7, 11) is 0. The van der Waals surface area contributed by atoms with Gasteiger partial charge in [0.05, 0.1) is 5.56 Å². The molecule has 0 spiro atoms. The van der Waals surface area contributed by atoms with Crippen LogP contribution in [0.15, 0.2) is 30.3 Å². The average molecular weight is 216 g/mol. The molecule has 0 fully saturated rings. The molecule has 3 nitrogen and oxygen atoms in total. The van der Waals surface area contributed by atoms with Crippen molar-refractivity contribution >= 4 is 16.7 Å². The highest BCUT2D eigenvalue weighted by Gasteiger charge is 2.11. The van der Waals surface area contributed by atoms with Crippen molar-refractivity contribution in [2.45, 2.75) is 13.3 Å². The number of carboxylic acid groups (broad SMARTS) is 1. The number of carbonyl (C=O) groups is 1. The fourth-order valence-corrected chi connectivity index (χ4v) is 1.95. The van der Waals surface area contributed by atoms with Crippen molar-refractivity contribution in [3.63, 3.8) is 0 Å². The second kappa shape index (κ2) is 3.85. The van der Waals surface area contributed by atoms with Crippen LogP contribution < -0.4 is 0 Å². The molecule has 0 amide bonds. The number of phenolic OH excluding ortho intramolecular Hbond substituents is 1. The molecular weight excluding hydrogens is 204 g/mol. The summed E-state index contributed by atoms with van der Waals surface area (Å²) in [6, 6.07) is 8.37. The average Bonchev–Trinajstić information content (AvgIpc) is 2.27. The molecule has 3 heteroatoms. The lowest BCUT2D eigenvalue weighted by Crippen LogP contribution is -2.02. The van der Waals surface area contributed by atoms with E-state index in [4.69, 9.17) is 5.11 Å². The van der Waals surface area contributed by atoms with Crippen LogP contribution in [0.4, 0.5) is 0 Å². The summed E-state index contributed by atoms with van der Waals surface area (Å²) < 4.78 is 0. The Hall–Kier alpha value is -2.03. The molecule has 16 heavy (non-hydrogen) atoms. The van der Waals surface area contributed by atoms with Crippen LogP contribution >= 0.6 is 0 Å². The lowest BCUT2D eigenvalue weighted by molar-refractivity contribution is 0.0696. The van der Waals surface area contributed by atoms with Gasteiger partial charge in [0.2, 0.25) is 0 Å². The summed E-state index contributed by atoms with van der Waals surface area (Å²) in [6.07, 6.45) is 0.627. The number of carboxylic acids is 1. The molecule has 0 unspecified atom stereocenters. The van der Waals surface area contributed by atoms with Gasteiger partial charge in [0.25, 0.3) is 0 Å². The third-order valence-corrected chi connectivity index (χ3v) is 2.70. The number of aryl methyl sites for hydroxylation is 1. The van der Waals surface area contributed by atoms with Crippen LogP contribution in [0.5, 0.6) is 5.75 Å². The molecule has 2 aromatic rings. The quantitative estimate of drug-likeness (QED) is 0.811. The maximum absolute atomic E-state index is 11.0. The first-order valence-corrected chi connectivity index (χ1v) is 5.11. The summed E-state index contributed by atoms with van der Waals surface area (Å²) in [4.78, 5) is 11.0. The van der Waals surface area contributed by atoms with E-state index in [1.54, 1.807) is 30.3 Å². The molecule has 0 atom stereocenters. The van der Waals surface area contributed by atoms with Gasteiger partial charge in [-0.25, -0.2) is 4.79 Å². The second-order valence-electron chi connectivity index (χ2n) is 3.66. The third-order valence-electron chi connectivity index (χ3n) is 2.70. The molecule has 0 bridgehead atoms. The van der Waals surface area contributed by atoms with Gasteiger partial charge in [-0.1, -0.05) is 19.1 Å². The Bertz CT molecular complexity index is 558. The number of phenols is 1. The number of benzene rings is 2. The Balaban J connectivity index is 2.83. The lowest BCUT2D eigenvalue weighted by atomic mass is 9.97. The Morgan fingerprint density at radius 3 is 2.56 bits per heavy atom. The normalized spacial score (nSPS) is 10.6.